The van der Waals surface area contributed by atoms with E-state index in [0.717, 1.165) is 49.1 Å². The average molecular weight is 466 g/mol. The van der Waals surface area contributed by atoms with Gasteiger partial charge in [0.2, 0.25) is 0 Å². The molecule has 6 nitrogen and oxygen atoms in total. The molecule has 2 heterocycles. The van der Waals surface area contributed by atoms with Gasteiger partial charge in [-0.2, -0.15) is 0 Å². The van der Waals surface area contributed by atoms with Crippen molar-refractivity contribution in [3.63, 3.8) is 0 Å². The van der Waals surface area contributed by atoms with Gasteiger partial charge in [-0.25, -0.2) is 0 Å². The van der Waals surface area contributed by atoms with Gasteiger partial charge in [-0.3, -0.25) is 4.79 Å². The molecule has 0 aliphatic carbocycles. The molecule has 174 valence electrons. The summed E-state index contributed by atoms with van der Waals surface area (Å²) in [5.41, 5.74) is 2.62. The van der Waals surface area contributed by atoms with Crippen molar-refractivity contribution in [2.45, 2.75) is 38.8 Å². The van der Waals surface area contributed by atoms with E-state index in [0.29, 0.717) is 30.4 Å². The van der Waals surface area contributed by atoms with Crippen molar-refractivity contribution < 1.29 is 9.47 Å². The lowest BCUT2D eigenvalue weighted by Gasteiger charge is -2.28. The smallest absolute Gasteiger partial charge is 0.253 e. The molecule has 0 saturated carbocycles. The highest BCUT2D eigenvalue weighted by Gasteiger charge is 2.22. The van der Waals surface area contributed by atoms with Gasteiger partial charge in [0.25, 0.3) is 5.56 Å². The van der Waals surface area contributed by atoms with E-state index in [1.165, 1.54) is 5.56 Å². The van der Waals surface area contributed by atoms with Crippen LogP contribution in [0.3, 0.4) is 0 Å². The second-order valence-corrected chi connectivity index (χ2v) is 8.68. The summed E-state index contributed by atoms with van der Waals surface area (Å²) >= 11 is 5.75. The van der Waals surface area contributed by atoms with Crippen LogP contribution >= 0.6 is 12.2 Å². The second kappa shape index (κ2) is 11.3. The van der Waals surface area contributed by atoms with Crippen LogP contribution in [0.15, 0.2) is 59.4 Å². The third-order valence-electron chi connectivity index (χ3n) is 5.83. The number of benzene rings is 2. The Kier molecular flexibility index (Phi) is 7.96. The molecule has 0 radical (unpaired) electrons. The first-order chi connectivity index (χ1) is 16.1. The summed E-state index contributed by atoms with van der Waals surface area (Å²) in [6, 6.07) is 18.0. The Morgan fingerprint density at radius 1 is 1.24 bits per heavy atom. The van der Waals surface area contributed by atoms with Gasteiger partial charge in [0.1, 0.15) is 5.75 Å². The fourth-order valence-electron chi connectivity index (χ4n) is 4.13. The van der Waals surface area contributed by atoms with Gasteiger partial charge in [0.15, 0.2) is 5.11 Å². The number of rotatable bonds is 9. The van der Waals surface area contributed by atoms with Crippen molar-refractivity contribution in [1.82, 2.24) is 15.2 Å². The highest BCUT2D eigenvalue weighted by molar-refractivity contribution is 7.80. The van der Waals surface area contributed by atoms with Crippen molar-refractivity contribution in [2.75, 3.05) is 26.3 Å². The summed E-state index contributed by atoms with van der Waals surface area (Å²) in [4.78, 5) is 17.9. The number of ether oxygens (including phenoxy) is 2. The molecule has 4 rings (SSSR count). The number of nitrogens with zero attached hydrogens (tertiary/aromatic N) is 1. The van der Waals surface area contributed by atoms with E-state index in [4.69, 9.17) is 21.7 Å². The molecular weight excluding hydrogens is 434 g/mol. The Morgan fingerprint density at radius 3 is 2.85 bits per heavy atom. The van der Waals surface area contributed by atoms with Gasteiger partial charge in [-0.1, -0.05) is 30.3 Å². The summed E-state index contributed by atoms with van der Waals surface area (Å²) in [6.45, 7) is 5.14. The van der Waals surface area contributed by atoms with Gasteiger partial charge in [0, 0.05) is 36.2 Å². The van der Waals surface area contributed by atoms with Crippen molar-refractivity contribution in [2.24, 2.45) is 0 Å². The predicted octanol–water partition coefficient (Wildman–Crippen LogP) is 4.03. The molecule has 0 bridgehead atoms. The first-order valence-electron chi connectivity index (χ1n) is 11.6. The van der Waals surface area contributed by atoms with Crippen LogP contribution in [-0.2, 0) is 17.7 Å². The maximum absolute atomic E-state index is 12.8. The van der Waals surface area contributed by atoms with Gasteiger partial charge in [0.05, 0.1) is 19.3 Å². The number of pyridine rings is 1. The molecule has 2 N–H and O–H groups in total. The number of H-pyrrole nitrogens is 1. The molecule has 1 atom stereocenters. The summed E-state index contributed by atoms with van der Waals surface area (Å²) < 4.78 is 11.5. The number of thiocarbonyl (C=S) groups is 1. The van der Waals surface area contributed by atoms with Gasteiger partial charge in [-0.15, -0.1) is 0 Å². The van der Waals surface area contributed by atoms with E-state index >= 15 is 0 Å². The number of fused-ring (bicyclic) bond motifs is 1. The Labute approximate surface area is 199 Å². The maximum Gasteiger partial charge on any atom is 0.253 e. The van der Waals surface area contributed by atoms with Crippen molar-refractivity contribution in [3.05, 3.63) is 76.1 Å². The molecule has 3 aromatic rings. The minimum Gasteiger partial charge on any atom is -0.494 e. The lowest BCUT2D eigenvalue weighted by atomic mass is 10.1. The fraction of sp³-hybridized carbons (Fsp3) is 0.385. The van der Waals surface area contributed by atoms with Crippen LogP contribution in [-0.4, -0.2) is 47.4 Å². The summed E-state index contributed by atoms with van der Waals surface area (Å²) in [7, 11) is 0. The maximum atomic E-state index is 12.8. The number of hydrogen-bond acceptors (Lipinski definition) is 4. The van der Waals surface area contributed by atoms with Crippen LogP contribution in [0.5, 0.6) is 5.75 Å². The van der Waals surface area contributed by atoms with Crippen LogP contribution in [0.2, 0.25) is 0 Å². The molecule has 2 aromatic carbocycles. The molecule has 33 heavy (non-hydrogen) atoms. The molecule has 1 fully saturated rings. The van der Waals surface area contributed by atoms with Crippen LogP contribution < -0.4 is 15.6 Å². The third kappa shape index (κ3) is 6.33. The first kappa shape index (κ1) is 23.3. The van der Waals surface area contributed by atoms with Crippen molar-refractivity contribution in [1.29, 1.82) is 0 Å². The predicted molar refractivity (Wildman–Crippen MR) is 136 cm³/mol. The van der Waals surface area contributed by atoms with Crippen LogP contribution in [0.1, 0.15) is 30.9 Å². The van der Waals surface area contributed by atoms with E-state index in [9.17, 15) is 4.79 Å². The minimum absolute atomic E-state index is 0.101. The Bertz CT molecular complexity index is 1130. The molecule has 1 aliphatic heterocycles. The zero-order chi connectivity index (χ0) is 23.0. The second-order valence-electron chi connectivity index (χ2n) is 8.29. The fourth-order valence-corrected chi connectivity index (χ4v) is 4.37. The summed E-state index contributed by atoms with van der Waals surface area (Å²) in [6.07, 6.45) is 3.08. The quantitative estimate of drug-likeness (QED) is 0.465. The highest BCUT2D eigenvalue weighted by Crippen LogP contribution is 2.20. The normalized spacial score (nSPS) is 15.5. The SMILES string of the molecule is CCOc1ccc2[nH]c(=O)c(CN(C[C@@H]3CCCO3)C(=S)NCCc3ccccc3)cc2c1. The van der Waals surface area contributed by atoms with E-state index in [1.807, 2.05) is 49.4 Å². The van der Waals surface area contributed by atoms with Crippen LogP contribution in [0, 0.1) is 0 Å². The topological polar surface area (TPSA) is 66.6 Å². The number of nitrogens with one attached hydrogen (secondary N) is 2. The molecule has 0 amide bonds. The Balaban J connectivity index is 1.50. The van der Waals surface area contributed by atoms with E-state index < -0.39 is 0 Å². The van der Waals surface area contributed by atoms with E-state index in [1.54, 1.807) is 0 Å². The summed E-state index contributed by atoms with van der Waals surface area (Å²) in [5.74, 6) is 0.789. The standard InChI is InChI=1S/C26H31N3O3S/c1-2-31-22-10-11-24-20(16-22)15-21(25(30)28-24)17-29(18-23-9-6-14-32-23)26(33)27-13-12-19-7-4-3-5-8-19/h3-5,7-8,10-11,15-16,23H,2,6,9,12-14,17-18H2,1H3,(H,27,33)(H,28,30)/t23-/m0/s1. The highest BCUT2D eigenvalue weighted by atomic mass is 32.1. The number of aromatic amines is 1. The minimum atomic E-state index is -0.101. The van der Waals surface area contributed by atoms with E-state index in [2.05, 4.69) is 27.3 Å². The lowest BCUT2D eigenvalue weighted by molar-refractivity contribution is 0.0897. The first-order valence-corrected chi connectivity index (χ1v) is 12.0. The van der Waals surface area contributed by atoms with E-state index in [-0.39, 0.29) is 11.7 Å². The van der Waals surface area contributed by atoms with Gasteiger partial charge in [-0.05, 0) is 68.2 Å². The monoisotopic (exact) mass is 465 g/mol. The van der Waals surface area contributed by atoms with Crippen molar-refractivity contribution in [3.8, 4) is 5.75 Å². The molecular formula is C26H31N3O3S. The Morgan fingerprint density at radius 2 is 2.09 bits per heavy atom. The molecule has 1 aromatic heterocycles. The number of aromatic nitrogens is 1. The molecule has 0 spiro atoms. The van der Waals surface area contributed by atoms with Crippen LogP contribution in [0.4, 0.5) is 0 Å². The molecule has 7 heteroatoms. The largest absolute Gasteiger partial charge is 0.494 e. The van der Waals surface area contributed by atoms with Crippen molar-refractivity contribution >= 4 is 28.2 Å². The molecule has 1 saturated heterocycles. The lowest BCUT2D eigenvalue weighted by Crippen LogP contribution is -2.44. The Hall–Kier alpha value is -2.90. The molecule has 0 unspecified atom stereocenters. The van der Waals surface area contributed by atoms with Gasteiger partial charge >= 0.3 is 0 Å². The summed E-state index contributed by atoms with van der Waals surface area (Å²) in [5, 5.41) is 4.96. The zero-order valence-corrected chi connectivity index (χ0v) is 19.8. The van der Waals surface area contributed by atoms with Crippen LogP contribution in [0.25, 0.3) is 10.9 Å². The third-order valence-corrected chi connectivity index (χ3v) is 6.24. The average Bonchev–Trinajstić information content (AvgIpc) is 3.33. The number of hydrogen-bond donors (Lipinski definition) is 2. The zero-order valence-electron chi connectivity index (χ0n) is 19.0. The molecule has 1 aliphatic rings. The van der Waals surface area contributed by atoms with Gasteiger partial charge < -0.3 is 24.7 Å².